The third kappa shape index (κ3) is 2.80. The molecule has 0 radical (unpaired) electrons. The quantitative estimate of drug-likeness (QED) is 0.647. The highest BCUT2D eigenvalue weighted by molar-refractivity contribution is 6.33. The fraction of sp³-hybridized carbons (Fsp3) is 0.188. The first-order chi connectivity index (χ1) is 11.4. The van der Waals surface area contributed by atoms with Gasteiger partial charge >= 0.3 is 0 Å². The number of hydrogen-bond donors (Lipinski definition) is 1. The second-order valence-electron chi connectivity index (χ2n) is 5.19. The van der Waals surface area contributed by atoms with Crippen LogP contribution in [-0.2, 0) is 0 Å². The summed E-state index contributed by atoms with van der Waals surface area (Å²) in [6.45, 7) is -0.949. The van der Waals surface area contributed by atoms with E-state index < -0.39 is 29.6 Å². The molecule has 1 aliphatic rings. The summed E-state index contributed by atoms with van der Waals surface area (Å²) in [6.07, 6.45) is -1.28. The summed E-state index contributed by atoms with van der Waals surface area (Å²) in [5.41, 5.74) is -0.264. The largest absolute Gasteiger partial charge is 0.507 e. The second kappa shape index (κ2) is 6.32. The van der Waals surface area contributed by atoms with E-state index in [9.17, 15) is 22.7 Å². The molecule has 24 heavy (non-hydrogen) atoms. The van der Waals surface area contributed by atoms with Crippen molar-refractivity contribution in [2.24, 2.45) is 0 Å². The second-order valence-corrected chi connectivity index (χ2v) is 5.57. The smallest absolute Gasteiger partial charge is 0.255 e. The van der Waals surface area contributed by atoms with Crippen LogP contribution in [0.3, 0.4) is 0 Å². The van der Waals surface area contributed by atoms with Crippen molar-refractivity contribution in [2.75, 3.05) is 18.0 Å². The number of hydrogen-bond acceptors (Lipinski definition) is 3. The topological polar surface area (TPSA) is 36.4 Å². The van der Waals surface area contributed by atoms with Crippen LogP contribution in [0.2, 0.25) is 5.02 Å². The number of halogens is 5. The number of nitrogens with zero attached hydrogens (tertiary/aromatic N) is 2. The van der Waals surface area contributed by atoms with Crippen LogP contribution >= 0.6 is 11.6 Å². The molecule has 0 spiro atoms. The lowest BCUT2D eigenvalue weighted by molar-refractivity contribution is 0.155. The van der Waals surface area contributed by atoms with Crippen LogP contribution in [0.4, 0.5) is 23.4 Å². The van der Waals surface area contributed by atoms with Gasteiger partial charge in [-0.2, -0.15) is 0 Å². The summed E-state index contributed by atoms with van der Waals surface area (Å²) in [7, 11) is 0. The maximum absolute atomic E-state index is 14.2. The van der Waals surface area contributed by atoms with Crippen LogP contribution < -0.4 is 4.90 Å². The molecule has 0 atom stereocenters. The van der Waals surface area contributed by atoms with Gasteiger partial charge in [-0.1, -0.05) is 11.6 Å². The number of pyridine rings is 1. The Morgan fingerprint density at radius 1 is 1.21 bits per heavy atom. The molecule has 2 aromatic rings. The summed E-state index contributed by atoms with van der Waals surface area (Å²) in [5, 5.41) is 9.93. The van der Waals surface area contributed by atoms with E-state index in [0.717, 1.165) is 12.1 Å². The zero-order chi connectivity index (χ0) is 17.4. The van der Waals surface area contributed by atoms with Gasteiger partial charge in [0.1, 0.15) is 23.2 Å². The van der Waals surface area contributed by atoms with Crippen LogP contribution in [0.1, 0.15) is 11.1 Å². The van der Waals surface area contributed by atoms with Gasteiger partial charge in [0.15, 0.2) is 0 Å². The summed E-state index contributed by atoms with van der Waals surface area (Å²) in [6, 6.07) is 4.68. The lowest BCUT2D eigenvalue weighted by atomic mass is 9.96. The van der Waals surface area contributed by atoms with Gasteiger partial charge in [-0.3, -0.25) is 0 Å². The van der Waals surface area contributed by atoms with Crippen molar-refractivity contribution in [3.8, 4) is 0 Å². The minimum absolute atomic E-state index is 0.0712. The molecule has 126 valence electrons. The Bertz CT molecular complexity index is 826. The number of alkyl halides is 2. The Kier molecular flexibility index (Phi) is 4.36. The van der Waals surface area contributed by atoms with Gasteiger partial charge in [-0.05, 0) is 24.3 Å². The molecule has 0 amide bonds. The van der Waals surface area contributed by atoms with E-state index in [0.29, 0.717) is 0 Å². The van der Waals surface area contributed by atoms with Crippen molar-refractivity contribution in [2.45, 2.75) is 6.43 Å². The van der Waals surface area contributed by atoms with Crippen molar-refractivity contribution in [1.82, 2.24) is 4.98 Å². The highest BCUT2D eigenvalue weighted by atomic mass is 35.5. The summed E-state index contributed by atoms with van der Waals surface area (Å²) >= 11 is 5.84. The molecule has 3 nitrogen and oxygen atoms in total. The maximum atomic E-state index is 14.2. The van der Waals surface area contributed by atoms with E-state index >= 15 is 0 Å². The predicted molar refractivity (Wildman–Crippen MR) is 83.3 cm³/mol. The first kappa shape index (κ1) is 16.6. The molecular formula is C16H11ClF4N2O. The number of rotatable bonds is 3. The van der Waals surface area contributed by atoms with Crippen molar-refractivity contribution in [3.63, 3.8) is 0 Å². The van der Waals surface area contributed by atoms with E-state index in [1.807, 2.05) is 0 Å². The van der Waals surface area contributed by atoms with E-state index in [4.69, 9.17) is 11.6 Å². The Morgan fingerprint density at radius 3 is 2.62 bits per heavy atom. The Morgan fingerprint density at radius 2 is 1.92 bits per heavy atom. The summed E-state index contributed by atoms with van der Waals surface area (Å²) in [4.78, 5) is 5.18. The Labute approximate surface area is 139 Å². The van der Waals surface area contributed by atoms with Gasteiger partial charge < -0.3 is 10.0 Å². The molecule has 0 aliphatic carbocycles. The Hall–Kier alpha value is -2.28. The normalized spacial score (nSPS) is 14.3. The van der Waals surface area contributed by atoms with Crippen molar-refractivity contribution in [3.05, 3.63) is 58.2 Å². The molecule has 8 heteroatoms. The zero-order valence-electron chi connectivity index (χ0n) is 12.1. The lowest BCUT2D eigenvalue weighted by Crippen LogP contribution is -2.34. The molecule has 3 rings (SSSR count). The molecule has 0 saturated carbocycles. The van der Waals surface area contributed by atoms with Crippen LogP contribution in [0.15, 0.2) is 30.5 Å². The van der Waals surface area contributed by atoms with Gasteiger partial charge in [0.25, 0.3) is 6.43 Å². The number of aliphatic hydroxyl groups excluding tert-OH is 1. The average molecular weight is 359 g/mol. The van der Waals surface area contributed by atoms with Gasteiger partial charge in [0.2, 0.25) is 0 Å². The van der Waals surface area contributed by atoms with Gasteiger partial charge in [-0.15, -0.1) is 0 Å². The number of aliphatic hydroxyl groups is 1. The van der Waals surface area contributed by atoms with E-state index in [2.05, 4.69) is 4.98 Å². The van der Waals surface area contributed by atoms with E-state index in [-0.39, 0.29) is 34.8 Å². The molecular weight excluding hydrogens is 348 g/mol. The van der Waals surface area contributed by atoms with Crippen LogP contribution in [0.5, 0.6) is 0 Å². The standard InChI is InChI=1S/C16H11ClF4N2O/c17-14-11(19)4-3-10(18)13(14)9-6-23(7-12(20)21)16-8(15(9)24)2-1-5-22-16/h1-5,12,24H,6-7H2. The highest BCUT2D eigenvalue weighted by Gasteiger charge is 2.30. The van der Waals surface area contributed by atoms with Gasteiger partial charge in [0.05, 0.1) is 17.1 Å². The minimum Gasteiger partial charge on any atom is -0.507 e. The number of fused-ring (bicyclic) bond motifs is 1. The zero-order valence-corrected chi connectivity index (χ0v) is 12.9. The number of benzene rings is 1. The molecule has 1 N–H and O–H groups in total. The van der Waals surface area contributed by atoms with Gasteiger partial charge in [0, 0.05) is 23.9 Å². The van der Waals surface area contributed by atoms with Crippen molar-refractivity contribution >= 4 is 28.8 Å². The molecule has 2 heterocycles. The average Bonchev–Trinajstić information content (AvgIpc) is 2.55. The van der Waals surface area contributed by atoms with Gasteiger partial charge in [-0.25, -0.2) is 22.5 Å². The SMILES string of the molecule is OC1=C(c2c(F)ccc(F)c2Cl)CN(CC(F)F)c2ncccc21. The van der Waals surface area contributed by atoms with Crippen molar-refractivity contribution in [1.29, 1.82) is 0 Å². The molecule has 0 saturated heterocycles. The van der Waals surface area contributed by atoms with Crippen molar-refractivity contribution < 1.29 is 22.7 Å². The monoisotopic (exact) mass is 358 g/mol. The van der Waals surface area contributed by atoms with E-state index in [1.54, 1.807) is 0 Å². The molecule has 1 aliphatic heterocycles. The fourth-order valence-corrected chi connectivity index (χ4v) is 2.92. The number of aromatic nitrogens is 1. The number of anilines is 1. The molecule has 1 aromatic carbocycles. The molecule has 1 aromatic heterocycles. The highest BCUT2D eigenvalue weighted by Crippen LogP contribution is 2.39. The maximum Gasteiger partial charge on any atom is 0.255 e. The minimum atomic E-state index is -2.67. The molecule has 0 bridgehead atoms. The first-order valence-corrected chi connectivity index (χ1v) is 7.32. The van der Waals surface area contributed by atoms with Crippen LogP contribution in [-0.4, -0.2) is 29.6 Å². The molecule has 0 fully saturated rings. The Balaban J connectivity index is 2.20. The van der Waals surface area contributed by atoms with Crippen LogP contribution in [0, 0.1) is 11.6 Å². The van der Waals surface area contributed by atoms with E-state index in [1.165, 1.54) is 23.2 Å². The fourth-order valence-electron chi connectivity index (χ4n) is 2.66. The first-order valence-electron chi connectivity index (χ1n) is 6.94. The third-order valence-electron chi connectivity index (χ3n) is 3.68. The predicted octanol–water partition coefficient (Wildman–Crippen LogP) is 4.52. The summed E-state index contributed by atoms with van der Waals surface area (Å²) < 4.78 is 53.6. The lowest BCUT2D eigenvalue weighted by Gasteiger charge is -2.31. The molecule has 0 unspecified atom stereocenters. The third-order valence-corrected chi connectivity index (χ3v) is 4.05. The van der Waals surface area contributed by atoms with Crippen LogP contribution in [0.25, 0.3) is 11.3 Å². The summed E-state index contributed by atoms with van der Waals surface area (Å²) in [5.74, 6) is -1.94.